The van der Waals surface area contributed by atoms with Crippen molar-refractivity contribution in [3.8, 4) is 0 Å². The van der Waals surface area contributed by atoms with Crippen LogP contribution >= 0.6 is 22.9 Å². The third kappa shape index (κ3) is 3.45. The number of aromatic nitrogens is 2. The summed E-state index contributed by atoms with van der Waals surface area (Å²) in [4.78, 5) is 31.3. The van der Waals surface area contributed by atoms with E-state index < -0.39 is 6.04 Å². The van der Waals surface area contributed by atoms with E-state index in [4.69, 9.17) is 11.6 Å². The van der Waals surface area contributed by atoms with Crippen LogP contribution in [0.25, 0.3) is 10.2 Å². The molecule has 0 saturated carbocycles. The van der Waals surface area contributed by atoms with Crippen LogP contribution in [0.1, 0.15) is 30.3 Å². The largest absolute Gasteiger partial charge is 0.324 e. The molecule has 7 heteroatoms. The molecule has 0 fully saturated rings. The van der Waals surface area contributed by atoms with Crippen LogP contribution in [0, 0.1) is 6.92 Å². The second-order valence-electron chi connectivity index (χ2n) is 5.87. The van der Waals surface area contributed by atoms with Gasteiger partial charge in [0.05, 0.1) is 11.7 Å². The Bertz CT molecular complexity index is 1010. The predicted molar refractivity (Wildman–Crippen MR) is 103 cm³/mol. The summed E-state index contributed by atoms with van der Waals surface area (Å²) in [5.74, 6) is -0.297. The minimum absolute atomic E-state index is 0.203. The Morgan fingerprint density at radius 1 is 1.40 bits per heavy atom. The van der Waals surface area contributed by atoms with Crippen LogP contribution in [0.4, 0.5) is 5.69 Å². The van der Waals surface area contributed by atoms with Crippen molar-refractivity contribution in [3.05, 3.63) is 56.4 Å². The quantitative estimate of drug-likeness (QED) is 0.743. The van der Waals surface area contributed by atoms with E-state index >= 15 is 0 Å². The molecule has 0 radical (unpaired) electrons. The highest BCUT2D eigenvalue weighted by atomic mass is 35.5. The number of nitrogens with zero attached hydrogens (tertiary/aromatic N) is 2. The highest BCUT2D eigenvalue weighted by Gasteiger charge is 2.19. The number of halogens is 1. The summed E-state index contributed by atoms with van der Waals surface area (Å²) in [5, 5.41) is 3.93. The van der Waals surface area contributed by atoms with Crippen molar-refractivity contribution >= 4 is 44.7 Å². The van der Waals surface area contributed by atoms with Crippen molar-refractivity contribution in [3.63, 3.8) is 0 Å². The van der Waals surface area contributed by atoms with E-state index in [2.05, 4.69) is 10.3 Å². The summed E-state index contributed by atoms with van der Waals surface area (Å²) >= 11 is 7.59. The molecule has 0 aliphatic carbocycles. The highest BCUT2D eigenvalue weighted by Crippen LogP contribution is 2.23. The third-order valence-corrected chi connectivity index (χ3v) is 5.71. The fourth-order valence-electron chi connectivity index (χ4n) is 2.48. The lowest BCUT2D eigenvalue weighted by molar-refractivity contribution is -0.118. The first-order valence-electron chi connectivity index (χ1n) is 7.97. The van der Waals surface area contributed by atoms with Crippen LogP contribution in [0.15, 0.2) is 35.4 Å². The van der Waals surface area contributed by atoms with Gasteiger partial charge >= 0.3 is 0 Å². The zero-order valence-corrected chi connectivity index (χ0v) is 15.7. The number of carbonyl (C=O) groups excluding carboxylic acids is 1. The van der Waals surface area contributed by atoms with Gasteiger partial charge in [-0.3, -0.25) is 14.2 Å². The molecule has 0 saturated heterocycles. The van der Waals surface area contributed by atoms with Gasteiger partial charge in [0.2, 0.25) is 5.91 Å². The standard InChI is InChI=1S/C18H18ClN3O2S/c1-4-13-8-14-17(25-13)20-9-22(18(14)24)11(3)16(23)21-12-6-5-10(2)15(19)7-12/h5-9,11H,4H2,1-3H3,(H,21,23)/t11-/m0/s1. The third-order valence-electron chi connectivity index (χ3n) is 4.11. The number of carbonyl (C=O) groups is 1. The molecule has 1 N–H and O–H groups in total. The average molecular weight is 376 g/mol. The van der Waals surface area contributed by atoms with Gasteiger partial charge in [-0.05, 0) is 44.0 Å². The molecule has 2 heterocycles. The minimum Gasteiger partial charge on any atom is -0.324 e. The highest BCUT2D eigenvalue weighted by molar-refractivity contribution is 7.18. The summed E-state index contributed by atoms with van der Waals surface area (Å²) < 4.78 is 1.36. The average Bonchev–Trinajstić information content (AvgIpc) is 3.02. The molecule has 3 aromatic rings. The molecule has 1 atom stereocenters. The SMILES string of the molecule is CCc1cc2c(=O)n([C@@H](C)C(=O)Nc3ccc(C)c(Cl)c3)cnc2s1. The summed E-state index contributed by atoms with van der Waals surface area (Å²) in [5.41, 5.74) is 1.33. The predicted octanol–water partition coefficient (Wildman–Crippen LogP) is 4.18. The van der Waals surface area contributed by atoms with E-state index in [0.29, 0.717) is 20.9 Å². The van der Waals surface area contributed by atoms with Gasteiger partial charge in [-0.25, -0.2) is 4.98 Å². The number of nitrogens with one attached hydrogen (secondary N) is 1. The van der Waals surface area contributed by atoms with E-state index in [0.717, 1.165) is 16.9 Å². The van der Waals surface area contributed by atoms with Crippen LogP contribution in [0.3, 0.4) is 0 Å². The van der Waals surface area contributed by atoms with E-state index in [9.17, 15) is 9.59 Å². The molecule has 0 spiro atoms. The van der Waals surface area contributed by atoms with Crippen molar-refractivity contribution in [2.45, 2.75) is 33.2 Å². The zero-order valence-electron chi connectivity index (χ0n) is 14.2. The first-order valence-corrected chi connectivity index (χ1v) is 9.16. The molecule has 5 nitrogen and oxygen atoms in total. The summed E-state index contributed by atoms with van der Waals surface area (Å²) in [6.45, 7) is 5.60. The van der Waals surface area contributed by atoms with Crippen molar-refractivity contribution in [1.29, 1.82) is 0 Å². The van der Waals surface area contributed by atoms with Crippen LogP contribution in [0.2, 0.25) is 5.02 Å². The van der Waals surface area contributed by atoms with E-state index in [1.807, 2.05) is 26.0 Å². The lowest BCUT2D eigenvalue weighted by Crippen LogP contribution is -2.31. The molecule has 1 aromatic carbocycles. The lowest BCUT2D eigenvalue weighted by atomic mass is 10.2. The monoisotopic (exact) mass is 375 g/mol. The molecule has 3 rings (SSSR count). The number of anilines is 1. The number of hydrogen-bond acceptors (Lipinski definition) is 4. The Balaban J connectivity index is 1.89. The summed E-state index contributed by atoms with van der Waals surface area (Å²) in [6.07, 6.45) is 2.29. The number of amides is 1. The van der Waals surface area contributed by atoms with Crippen molar-refractivity contribution in [1.82, 2.24) is 9.55 Å². The first-order chi connectivity index (χ1) is 11.9. The Hall–Kier alpha value is -2.18. The lowest BCUT2D eigenvalue weighted by Gasteiger charge is -2.15. The van der Waals surface area contributed by atoms with Crippen molar-refractivity contribution in [2.24, 2.45) is 0 Å². The van der Waals surface area contributed by atoms with Crippen LogP contribution in [0.5, 0.6) is 0 Å². The van der Waals surface area contributed by atoms with Gasteiger partial charge in [0.1, 0.15) is 10.9 Å². The van der Waals surface area contributed by atoms with Gasteiger partial charge in [-0.2, -0.15) is 0 Å². The molecule has 0 unspecified atom stereocenters. The molecule has 0 bridgehead atoms. The molecule has 0 aliphatic heterocycles. The van der Waals surface area contributed by atoms with E-state index in [1.54, 1.807) is 19.1 Å². The number of benzene rings is 1. The number of thiophene rings is 1. The topological polar surface area (TPSA) is 64.0 Å². The second-order valence-corrected chi connectivity index (χ2v) is 7.39. The van der Waals surface area contributed by atoms with Crippen LogP contribution < -0.4 is 10.9 Å². The van der Waals surface area contributed by atoms with Gasteiger partial charge in [0.15, 0.2) is 0 Å². The first kappa shape index (κ1) is 17.6. The Morgan fingerprint density at radius 3 is 2.84 bits per heavy atom. The van der Waals surface area contributed by atoms with Gasteiger partial charge in [0.25, 0.3) is 5.56 Å². The molecular weight excluding hydrogens is 358 g/mol. The molecule has 1 amide bonds. The zero-order chi connectivity index (χ0) is 18.1. The van der Waals surface area contributed by atoms with Gasteiger partial charge in [0, 0.05) is 15.6 Å². The molecule has 0 aliphatic rings. The van der Waals surface area contributed by atoms with Crippen molar-refractivity contribution in [2.75, 3.05) is 5.32 Å². The Labute approximate surface area is 154 Å². The number of fused-ring (bicyclic) bond motifs is 1. The van der Waals surface area contributed by atoms with E-state index in [-0.39, 0.29) is 11.5 Å². The maximum atomic E-state index is 12.7. The number of aryl methyl sites for hydroxylation is 2. The summed E-state index contributed by atoms with van der Waals surface area (Å²) in [7, 11) is 0. The molecular formula is C18H18ClN3O2S. The Kier molecular flexibility index (Phi) is 4.92. The Morgan fingerprint density at radius 2 is 2.16 bits per heavy atom. The van der Waals surface area contributed by atoms with Gasteiger partial charge < -0.3 is 5.32 Å². The minimum atomic E-state index is -0.686. The second kappa shape index (κ2) is 6.98. The molecule has 25 heavy (non-hydrogen) atoms. The van der Waals surface area contributed by atoms with E-state index in [1.165, 1.54) is 22.2 Å². The molecule has 2 aromatic heterocycles. The molecule has 130 valence electrons. The van der Waals surface area contributed by atoms with Crippen LogP contribution in [-0.4, -0.2) is 15.5 Å². The maximum absolute atomic E-state index is 12.7. The van der Waals surface area contributed by atoms with Crippen LogP contribution in [-0.2, 0) is 11.2 Å². The number of hydrogen-bond donors (Lipinski definition) is 1. The number of rotatable bonds is 4. The summed E-state index contributed by atoms with van der Waals surface area (Å²) in [6, 6.07) is 6.48. The normalized spacial score (nSPS) is 12.3. The van der Waals surface area contributed by atoms with Crippen molar-refractivity contribution < 1.29 is 4.79 Å². The fraction of sp³-hybridized carbons (Fsp3) is 0.278. The maximum Gasteiger partial charge on any atom is 0.262 e. The fourth-order valence-corrected chi connectivity index (χ4v) is 3.59. The van der Waals surface area contributed by atoms with Gasteiger partial charge in [-0.15, -0.1) is 11.3 Å². The van der Waals surface area contributed by atoms with Gasteiger partial charge in [-0.1, -0.05) is 24.6 Å². The smallest absolute Gasteiger partial charge is 0.262 e.